The van der Waals surface area contributed by atoms with Crippen molar-refractivity contribution in [3.63, 3.8) is 0 Å². The average molecular weight is 220 g/mol. The number of anilines is 2. The summed E-state index contributed by atoms with van der Waals surface area (Å²) in [7, 11) is 1.80. The van der Waals surface area contributed by atoms with Gasteiger partial charge in [-0.05, 0) is 43.5 Å². The zero-order chi connectivity index (χ0) is 11.5. The second-order valence-electron chi connectivity index (χ2n) is 4.49. The third-order valence-electron chi connectivity index (χ3n) is 3.27. The molecule has 3 nitrogen and oxygen atoms in total. The van der Waals surface area contributed by atoms with Gasteiger partial charge in [0.1, 0.15) is 0 Å². The summed E-state index contributed by atoms with van der Waals surface area (Å²) in [5.41, 5.74) is 9.14. The number of benzene rings is 1. The number of nitrogens with zero attached hydrogens (tertiary/aromatic N) is 1. The molecule has 0 amide bonds. The minimum absolute atomic E-state index is 0.366. The molecule has 0 aromatic heterocycles. The van der Waals surface area contributed by atoms with Crippen molar-refractivity contribution in [2.24, 2.45) is 0 Å². The van der Waals surface area contributed by atoms with E-state index in [0.717, 1.165) is 18.8 Å². The lowest BCUT2D eigenvalue weighted by Gasteiger charge is -2.34. The van der Waals surface area contributed by atoms with Crippen molar-refractivity contribution in [2.75, 3.05) is 30.8 Å². The quantitative estimate of drug-likeness (QED) is 0.776. The van der Waals surface area contributed by atoms with Crippen LogP contribution in [0, 0.1) is 6.92 Å². The number of ether oxygens (including phenoxy) is 1. The molecular weight excluding hydrogens is 200 g/mol. The first-order valence-electron chi connectivity index (χ1n) is 5.84. The Labute approximate surface area is 97.2 Å². The highest BCUT2D eigenvalue weighted by molar-refractivity contribution is 5.59. The van der Waals surface area contributed by atoms with E-state index in [1.807, 2.05) is 12.1 Å². The zero-order valence-electron chi connectivity index (χ0n) is 10.1. The molecule has 2 rings (SSSR count). The summed E-state index contributed by atoms with van der Waals surface area (Å²) < 4.78 is 5.44. The van der Waals surface area contributed by atoms with Gasteiger partial charge in [-0.25, -0.2) is 0 Å². The van der Waals surface area contributed by atoms with Crippen LogP contribution in [0.4, 0.5) is 11.4 Å². The van der Waals surface area contributed by atoms with Crippen molar-refractivity contribution >= 4 is 11.4 Å². The molecule has 16 heavy (non-hydrogen) atoms. The van der Waals surface area contributed by atoms with E-state index in [9.17, 15) is 0 Å². The van der Waals surface area contributed by atoms with Crippen molar-refractivity contribution in [1.29, 1.82) is 0 Å². The largest absolute Gasteiger partial charge is 0.399 e. The van der Waals surface area contributed by atoms with E-state index in [2.05, 4.69) is 17.9 Å². The third-order valence-corrected chi connectivity index (χ3v) is 3.27. The predicted octanol–water partition coefficient (Wildman–Crippen LogP) is 2.19. The fourth-order valence-corrected chi connectivity index (χ4v) is 2.38. The van der Waals surface area contributed by atoms with E-state index >= 15 is 0 Å². The minimum Gasteiger partial charge on any atom is -0.399 e. The SMILES string of the molecule is COC1CCCN(c2ccc(N)cc2C)C1. The number of rotatable bonds is 2. The first kappa shape index (κ1) is 11.3. The molecule has 1 saturated heterocycles. The van der Waals surface area contributed by atoms with Crippen LogP contribution in [0.2, 0.25) is 0 Å². The van der Waals surface area contributed by atoms with Gasteiger partial charge in [-0.2, -0.15) is 0 Å². The van der Waals surface area contributed by atoms with Crippen molar-refractivity contribution in [2.45, 2.75) is 25.9 Å². The fourth-order valence-electron chi connectivity index (χ4n) is 2.38. The van der Waals surface area contributed by atoms with Crippen LogP contribution in [0.5, 0.6) is 0 Å². The summed E-state index contributed by atoms with van der Waals surface area (Å²) in [5, 5.41) is 0. The van der Waals surface area contributed by atoms with Crippen LogP contribution >= 0.6 is 0 Å². The van der Waals surface area contributed by atoms with E-state index in [4.69, 9.17) is 10.5 Å². The van der Waals surface area contributed by atoms with Gasteiger partial charge in [0.2, 0.25) is 0 Å². The molecule has 1 aromatic carbocycles. The number of piperidine rings is 1. The van der Waals surface area contributed by atoms with E-state index in [1.54, 1.807) is 7.11 Å². The smallest absolute Gasteiger partial charge is 0.0746 e. The van der Waals surface area contributed by atoms with Crippen LogP contribution in [-0.2, 0) is 4.74 Å². The van der Waals surface area contributed by atoms with E-state index in [1.165, 1.54) is 24.1 Å². The second-order valence-corrected chi connectivity index (χ2v) is 4.49. The topological polar surface area (TPSA) is 38.5 Å². The van der Waals surface area contributed by atoms with Gasteiger partial charge >= 0.3 is 0 Å². The van der Waals surface area contributed by atoms with Gasteiger partial charge in [-0.3, -0.25) is 0 Å². The van der Waals surface area contributed by atoms with Crippen LogP contribution in [0.25, 0.3) is 0 Å². The maximum Gasteiger partial charge on any atom is 0.0746 e. The summed E-state index contributed by atoms with van der Waals surface area (Å²) in [6, 6.07) is 6.12. The standard InChI is InChI=1S/C13H20N2O/c1-10-8-11(14)5-6-13(10)15-7-3-4-12(9-15)16-2/h5-6,8,12H,3-4,7,9,14H2,1-2H3. The van der Waals surface area contributed by atoms with Crippen molar-refractivity contribution in [3.05, 3.63) is 23.8 Å². The molecule has 0 aliphatic carbocycles. The van der Waals surface area contributed by atoms with Gasteiger partial charge in [0.15, 0.2) is 0 Å². The number of hydrogen-bond donors (Lipinski definition) is 1. The van der Waals surface area contributed by atoms with E-state index in [0.29, 0.717) is 6.10 Å². The number of nitrogens with two attached hydrogens (primary N) is 1. The lowest BCUT2D eigenvalue weighted by Crippen LogP contribution is -2.39. The van der Waals surface area contributed by atoms with E-state index < -0.39 is 0 Å². The van der Waals surface area contributed by atoms with Crippen LogP contribution in [0.15, 0.2) is 18.2 Å². The Morgan fingerprint density at radius 2 is 2.25 bits per heavy atom. The Bertz CT molecular complexity index is 365. The van der Waals surface area contributed by atoms with Gasteiger partial charge in [0, 0.05) is 31.6 Å². The predicted molar refractivity (Wildman–Crippen MR) is 67.8 cm³/mol. The number of nitrogen functional groups attached to an aromatic ring is 1. The molecule has 0 bridgehead atoms. The first-order valence-corrected chi connectivity index (χ1v) is 5.84. The molecule has 0 radical (unpaired) electrons. The summed E-state index contributed by atoms with van der Waals surface area (Å²) in [6.07, 6.45) is 2.73. The summed E-state index contributed by atoms with van der Waals surface area (Å²) in [6.45, 7) is 4.22. The maximum absolute atomic E-state index is 5.77. The normalized spacial score (nSPS) is 21.1. The van der Waals surface area contributed by atoms with Crippen molar-refractivity contribution < 1.29 is 4.74 Å². The van der Waals surface area contributed by atoms with Crippen LogP contribution in [0.1, 0.15) is 18.4 Å². The molecule has 1 heterocycles. The monoisotopic (exact) mass is 220 g/mol. The number of aryl methyl sites for hydroxylation is 1. The zero-order valence-corrected chi connectivity index (χ0v) is 10.1. The van der Waals surface area contributed by atoms with E-state index in [-0.39, 0.29) is 0 Å². The minimum atomic E-state index is 0.366. The lowest BCUT2D eigenvalue weighted by atomic mass is 10.1. The Morgan fingerprint density at radius 1 is 1.44 bits per heavy atom. The highest BCUT2D eigenvalue weighted by Crippen LogP contribution is 2.26. The highest BCUT2D eigenvalue weighted by atomic mass is 16.5. The Morgan fingerprint density at radius 3 is 2.94 bits per heavy atom. The highest BCUT2D eigenvalue weighted by Gasteiger charge is 2.20. The summed E-state index contributed by atoms with van der Waals surface area (Å²) in [5.74, 6) is 0. The summed E-state index contributed by atoms with van der Waals surface area (Å²) >= 11 is 0. The molecule has 1 unspecified atom stereocenters. The molecule has 1 fully saturated rings. The van der Waals surface area contributed by atoms with Crippen LogP contribution in [0.3, 0.4) is 0 Å². The van der Waals surface area contributed by atoms with Crippen LogP contribution in [-0.4, -0.2) is 26.3 Å². The maximum atomic E-state index is 5.77. The molecule has 0 saturated carbocycles. The number of methoxy groups -OCH3 is 1. The third kappa shape index (κ3) is 2.30. The molecule has 1 atom stereocenters. The molecule has 2 N–H and O–H groups in total. The van der Waals surface area contributed by atoms with Crippen molar-refractivity contribution in [3.8, 4) is 0 Å². The molecule has 1 aliphatic rings. The molecule has 0 spiro atoms. The van der Waals surface area contributed by atoms with Crippen LogP contribution < -0.4 is 10.6 Å². The van der Waals surface area contributed by atoms with Gasteiger partial charge < -0.3 is 15.4 Å². The lowest BCUT2D eigenvalue weighted by molar-refractivity contribution is 0.0893. The van der Waals surface area contributed by atoms with Gasteiger partial charge in [-0.1, -0.05) is 0 Å². The molecule has 1 aliphatic heterocycles. The van der Waals surface area contributed by atoms with Gasteiger partial charge in [-0.15, -0.1) is 0 Å². The molecule has 88 valence electrons. The average Bonchev–Trinajstić information content (AvgIpc) is 2.29. The summed E-state index contributed by atoms with van der Waals surface area (Å²) in [4.78, 5) is 2.40. The Balaban J connectivity index is 2.16. The Kier molecular flexibility index (Phi) is 3.34. The molecule has 1 aromatic rings. The van der Waals surface area contributed by atoms with Gasteiger partial charge in [0.05, 0.1) is 6.10 Å². The van der Waals surface area contributed by atoms with Crippen molar-refractivity contribution in [1.82, 2.24) is 0 Å². The fraction of sp³-hybridized carbons (Fsp3) is 0.538. The first-order chi connectivity index (χ1) is 7.70. The molecular formula is C13H20N2O. The Hall–Kier alpha value is -1.22. The second kappa shape index (κ2) is 4.74. The van der Waals surface area contributed by atoms with Gasteiger partial charge in [0.25, 0.3) is 0 Å². The molecule has 3 heteroatoms. The number of hydrogen-bond acceptors (Lipinski definition) is 3.